The van der Waals surface area contributed by atoms with Crippen molar-refractivity contribution in [3.63, 3.8) is 0 Å². The van der Waals surface area contributed by atoms with Crippen LogP contribution in [0.3, 0.4) is 0 Å². The molecule has 0 aliphatic heterocycles. The monoisotopic (exact) mass is 268 g/mol. The Labute approximate surface area is 118 Å². The van der Waals surface area contributed by atoms with Crippen LogP contribution in [0.1, 0.15) is 22.8 Å². The molecule has 2 rings (SSSR count). The predicted octanol–water partition coefficient (Wildman–Crippen LogP) is 3.04. The Balaban J connectivity index is 1.93. The highest BCUT2D eigenvalue weighted by molar-refractivity contribution is 6.00. The number of carbonyl (C=O) groups excluding carboxylic acids is 2. The van der Waals surface area contributed by atoms with Crippen LogP contribution in [0.4, 0.5) is 0 Å². The number of benzene rings is 2. The van der Waals surface area contributed by atoms with E-state index in [0.717, 1.165) is 5.56 Å². The van der Waals surface area contributed by atoms with Crippen molar-refractivity contribution < 1.29 is 14.3 Å². The normalized spacial score (nSPS) is 11.7. The molecule has 0 saturated carbocycles. The topological polar surface area (TPSA) is 43.4 Å². The Kier molecular flexibility index (Phi) is 4.66. The van der Waals surface area contributed by atoms with Crippen LogP contribution < -0.4 is 0 Å². The molecule has 1 unspecified atom stereocenters. The molecule has 0 radical (unpaired) electrons. The first kappa shape index (κ1) is 14.0. The van der Waals surface area contributed by atoms with Gasteiger partial charge in [0.05, 0.1) is 6.42 Å². The van der Waals surface area contributed by atoms with E-state index in [1.54, 1.807) is 31.2 Å². The van der Waals surface area contributed by atoms with Crippen molar-refractivity contribution in [2.75, 3.05) is 0 Å². The fraction of sp³-hybridized carbons (Fsp3) is 0.176. The van der Waals surface area contributed by atoms with E-state index >= 15 is 0 Å². The van der Waals surface area contributed by atoms with Gasteiger partial charge in [0.15, 0.2) is 6.10 Å². The quantitative estimate of drug-likeness (QED) is 0.618. The van der Waals surface area contributed by atoms with Crippen LogP contribution in [0, 0.1) is 0 Å². The molecule has 0 spiro atoms. The molecule has 0 saturated heterocycles. The number of rotatable bonds is 5. The average Bonchev–Trinajstić information content (AvgIpc) is 2.48. The molecular weight excluding hydrogens is 252 g/mol. The maximum absolute atomic E-state index is 12.1. The summed E-state index contributed by atoms with van der Waals surface area (Å²) in [6.07, 6.45) is -0.596. The molecule has 2 aromatic carbocycles. The molecule has 20 heavy (non-hydrogen) atoms. The molecule has 0 aliphatic carbocycles. The lowest BCUT2D eigenvalue weighted by Crippen LogP contribution is -2.25. The smallest absolute Gasteiger partial charge is 0.310 e. The maximum atomic E-state index is 12.1. The SMILES string of the molecule is CC(OC(=O)Cc1ccccc1)C(=O)c1ccccc1. The van der Waals surface area contributed by atoms with Crippen molar-refractivity contribution in [3.8, 4) is 0 Å². The van der Waals surface area contributed by atoms with Gasteiger partial charge in [-0.15, -0.1) is 0 Å². The second-order valence-electron chi connectivity index (χ2n) is 4.52. The highest BCUT2D eigenvalue weighted by Crippen LogP contribution is 2.08. The molecule has 3 heteroatoms. The van der Waals surface area contributed by atoms with Crippen molar-refractivity contribution >= 4 is 11.8 Å². The van der Waals surface area contributed by atoms with E-state index in [-0.39, 0.29) is 12.2 Å². The summed E-state index contributed by atoms with van der Waals surface area (Å²) in [5.74, 6) is -0.583. The molecule has 0 fully saturated rings. The van der Waals surface area contributed by atoms with Gasteiger partial charge in [0.25, 0.3) is 0 Å². The van der Waals surface area contributed by atoms with Crippen molar-refractivity contribution in [2.24, 2.45) is 0 Å². The minimum Gasteiger partial charge on any atom is -0.454 e. The van der Waals surface area contributed by atoms with Gasteiger partial charge in [0.2, 0.25) is 5.78 Å². The van der Waals surface area contributed by atoms with Crippen LogP contribution in [0.2, 0.25) is 0 Å². The number of ether oxygens (including phenoxy) is 1. The fourth-order valence-corrected chi connectivity index (χ4v) is 1.89. The molecule has 0 aliphatic rings. The fourth-order valence-electron chi connectivity index (χ4n) is 1.89. The second-order valence-corrected chi connectivity index (χ2v) is 4.52. The average molecular weight is 268 g/mol. The molecule has 102 valence electrons. The lowest BCUT2D eigenvalue weighted by Gasteiger charge is -2.12. The summed E-state index contributed by atoms with van der Waals surface area (Å²) >= 11 is 0. The van der Waals surface area contributed by atoms with Gasteiger partial charge in [-0.2, -0.15) is 0 Å². The van der Waals surface area contributed by atoms with Gasteiger partial charge in [-0.25, -0.2) is 0 Å². The van der Waals surface area contributed by atoms with Crippen LogP contribution in [-0.4, -0.2) is 17.9 Å². The number of esters is 1. The number of carbonyl (C=O) groups is 2. The lowest BCUT2D eigenvalue weighted by molar-refractivity contribution is -0.145. The number of hydrogen-bond donors (Lipinski definition) is 0. The van der Waals surface area contributed by atoms with Crippen LogP contribution in [0.25, 0.3) is 0 Å². The Bertz CT molecular complexity index is 576. The first-order chi connectivity index (χ1) is 9.66. The van der Waals surface area contributed by atoms with Gasteiger partial charge in [0, 0.05) is 5.56 Å². The van der Waals surface area contributed by atoms with Crippen molar-refractivity contribution in [2.45, 2.75) is 19.4 Å². The van der Waals surface area contributed by atoms with Crippen LogP contribution in [0.15, 0.2) is 60.7 Å². The summed E-state index contributed by atoms with van der Waals surface area (Å²) in [7, 11) is 0. The summed E-state index contributed by atoms with van der Waals surface area (Å²) in [5.41, 5.74) is 1.42. The summed E-state index contributed by atoms with van der Waals surface area (Å²) < 4.78 is 5.18. The predicted molar refractivity (Wildman–Crippen MR) is 76.5 cm³/mol. The number of Topliss-reactive ketones (excluding diaryl/α,β-unsaturated/α-hetero) is 1. The van der Waals surface area contributed by atoms with Gasteiger partial charge >= 0.3 is 5.97 Å². The largest absolute Gasteiger partial charge is 0.454 e. The Morgan fingerprint density at radius 3 is 2.10 bits per heavy atom. The van der Waals surface area contributed by atoms with Gasteiger partial charge in [-0.1, -0.05) is 60.7 Å². The van der Waals surface area contributed by atoms with Gasteiger partial charge in [-0.3, -0.25) is 9.59 Å². The van der Waals surface area contributed by atoms with E-state index in [9.17, 15) is 9.59 Å². The Hall–Kier alpha value is -2.42. The molecule has 0 aromatic heterocycles. The van der Waals surface area contributed by atoms with Crippen molar-refractivity contribution in [3.05, 3.63) is 71.8 Å². The van der Waals surface area contributed by atoms with E-state index in [2.05, 4.69) is 0 Å². The van der Waals surface area contributed by atoms with Gasteiger partial charge in [-0.05, 0) is 12.5 Å². The van der Waals surface area contributed by atoms with Crippen LogP contribution >= 0.6 is 0 Å². The number of hydrogen-bond acceptors (Lipinski definition) is 3. The molecule has 0 bridgehead atoms. The minimum absolute atomic E-state index is 0.174. The summed E-state index contributed by atoms with van der Waals surface area (Å²) in [6, 6.07) is 18.1. The highest BCUT2D eigenvalue weighted by Gasteiger charge is 2.19. The lowest BCUT2D eigenvalue weighted by atomic mass is 10.1. The minimum atomic E-state index is -0.770. The molecule has 3 nitrogen and oxygen atoms in total. The van der Waals surface area contributed by atoms with Crippen LogP contribution in [-0.2, 0) is 16.0 Å². The third kappa shape index (κ3) is 3.79. The molecular formula is C17H16O3. The zero-order valence-corrected chi connectivity index (χ0v) is 11.3. The summed E-state index contributed by atoms with van der Waals surface area (Å²) in [5, 5.41) is 0. The van der Waals surface area contributed by atoms with E-state index in [1.165, 1.54) is 0 Å². The van der Waals surface area contributed by atoms with Crippen LogP contribution in [0.5, 0.6) is 0 Å². The van der Waals surface area contributed by atoms with Gasteiger partial charge < -0.3 is 4.74 Å². The molecule has 0 heterocycles. The first-order valence-corrected chi connectivity index (χ1v) is 6.49. The zero-order valence-electron chi connectivity index (χ0n) is 11.3. The molecule has 1 atom stereocenters. The maximum Gasteiger partial charge on any atom is 0.310 e. The van der Waals surface area contributed by atoms with E-state index in [1.807, 2.05) is 36.4 Å². The molecule has 0 N–H and O–H groups in total. The number of ketones is 1. The zero-order chi connectivity index (χ0) is 14.4. The third-order valence-corrected chi connectivity index (χ3v) is 2.93. The van der Waals surface area contributed by atoms with Crippen molar-refractivity contribution in [1.82, 2.24) is 0 Å². The third-order valence-electron chi connectivity index (χ3n) is 2.93. The second kappa shape index (κ2) is 6.66. The standard InChI is InChI=1S/C17H16O3/c1-13(17(19)15-10-6-3-7-11-15)20-16(18)12-14-8-4-2-5-9-14/h2-11,13H,12H2,1H3. The molecule has 2 aromatic rings. The Morgan fingerprint density at radius 2 is 1.50 bits per heavy atom. The van der Waals surface area contributed by atoms with E-state index in [0.29, 0.717) is 5.56 Å². The molecule has 0 amide bonds. The highest BCUT2D eigenvalue weighted by atomic mass is 16.5. The first-order valence-electron chi connectivity index (χ1n) is 6.49. The van der Waals surface area contributed by atoms with E-state index < -0.39 is 12.1 Å². The van der Waals surface area contributed by atoms with Crippen molar-refractivity contribution in [1.29, 1.82) is 0 Å². The van der Waals surface area contributed by atoms with Gasteiger partial charge in [0.1, 0.15) is 0 Å². The Morgan fingerprint density at radius 1 is 0.950 bits per heavy atom. The van der Waals surface area contributed by atoms with E-state index in [4.69, 9.17) is 4.74 Å². The summed E-state index contributed by atoms with van der Waals surface area (Å²) in [4.78, 5) is 23.8. The summed E-state index contributed by atoms with van der Waals surface area (Å²) in [6.45, 7) is 1.60.